The van der Waals surface area contributed by atoms with E-state index in [0.717, 1.165) is 35.1 Å². The Balaban J connectivity index is 1.30. The number of carbonyl (C=O) groups is 3. The van der Waals surface area contributed by atoms with Crippen molar-refractivity contribution < 1.29 is 24.2 Å². The molecule has 0 aliphatic heterocycles. The monoisotopic (exact) mass is 450 g/mol. The van der Waals surface area contributed by atoms with Gasteiger partial charge in [0.2, 0.25) is 5.91 Å². The number of carboxylic acids is 1. The van der Waals surface area contributed by atoms with Crippen molar-refractivity contribution in [3.8, 4) is 11.1 Å². The van der Waals surface area contributed by atoms with E-state index >= 15 is 0 Å². The van der Waals surface area contributed by atoms with Crippen LogP contribution in [-0.4, -0.2) is 42.3 Å². The van der Waals surface area contributed by atoms with Gasteiger partial charge in [-0.3, -0.25) is 4.79 Å². The van der Waals surface area contributed by atoms with Gasteiger partial charge in [-0.2, -0.15) is 0 Å². The lowest BCUT2D eigenvalue weighted by Crippen LogP contribution is -2.46. The maximum Gasteiger partial charge on any atom is 0.407 e. The molecule has 2 aromatic carbocycles. The van der Waals surface area contributed by atoms with E-state index in [0.29, 0.717) is 18.8 Å². The van der Waals surface area contributed by atoms with Crippen molar-refractivity contribution in [2.24, 2.45) is 11.8 Å². The number of hydrogen-bond acceptors (Lipinski definition) is 4. The van der Waals surface area contributed by atoms with E-state index in [-0.39, 0.29) is 25.0 Å². The highest BCUT2D eigenvalue weighted by Gasteiger charge is 2.32. The Morgan fingerprint density at radius 3 is 2.18 bits per heavy atom. The normalized spacial score (nSPS) is 16.3. The van der Waals surface area contributed by atoms with E-state index in [1.165, 1.54) is 0 Å². The van der Waals surface area contributed by atoms with Crippen LogP contribution in [0.15, 0.2) is 48.5 Å². The van der Waals surface area contributed by atoms with Gasteiger partial charge in [-0.25, -0.2) is 9.59 Å². The molecule has 4 rings (SSSR count). The third-order valence-electron chi connectivity index (χ3n) is 6.58. The summed E-state index contributed by atoms with van der Waals surface area (Å²) in [6.07, 6.45) is 2.37. The summed E-state index contributed by atoms with van der Waals surface area (Å²) in [6, 6.07) is 15.3. The van der Waals surface area contributed by atoms with Crippen molar-refractivity contribution in [1.82, 2.24) is 10.6 Å². The first kappa shape index (κ1) is 22.8. The minimum absolute atomic E-state index is 0.0350. The largest absolute Gasteiger partial charge is 0.480 e. The summed E-state index contributed by atoms with van der Waals surface area (Å²) in [5.74, 6) is -1.55. The van der Waals surface area contributed by atoms with Crippen molar-refractivity contribution in [1.29, 1.82) is 0 Å². The summed E-state index contributed by atoms with van der Waals surface area (Å²) < 4.78 is 5.52. The maximum absolute atomic E-state index is 12.6. The second-order valence-corrected chi connectivity index (χ2v) is 8.89. The fourth-order valence-electron chi connectivity index (χ4n) is 4.48. The molecule has 2 aliphatic carbocycles. The molecule has 0 heterocycles. The maximum atomic E-state index is 12.6. The number of alkyl carbamates (subject to hydrolysis) is 1. The van der Waals surface area contributed by atoms with Crippen LogP contribution in [0.5, 0.6) is 0 Å². The van der Waals surface area contributed by atoms with Gasteiger partial charge in [-0.05, 0) is 41.0 Å². The van der Waals surface area contributed by atoms with Crippen LogP contribution >= 0.6 is 0 Å². The van der Waals surface area contributed by atoms with Gasteiger partial charge in [0.1, 0.15) is 12.6 Å². The summed E-state index contributed by atoms with van der Waals surface area (Å²) >= 11 is 0. The Labute approximate surface area is 193 Å². The molecule has 2 aromatic rings. The van der Waals surface area contributed by atoms with Gasteiger partial charge in [0.15, 0.2) is 0 Å². The molecular weight excluding hydrogens is 420 g/mol. The Kier molecular flexibility index (Phi) is 6.96. The van der Waals surface area contributed by atoms with Crippen LogP contribution in [0.3, 0.4) is 0 Å². The van der Waals surface area contributed by atoms with Crippen LogP contribution in [0.2, 0.25) is 0 Å². The number of carbonyl (C=O) groups excluding carboxylic acids is 2. The molecule has 3 N–H and O–H groups in total. The number of aliphatic carboxylic acids is 1. The highest BCUT2D eigenvalue weighted by atomic mass is 16.5. The molecule has 1 fully saturated rings. The van der Waals surface area contributed by atoms with E-state index < -0.39 is 24.0 Å². The molecular formula is C26H30N2O5. The Bertz CT molecular complexity index is 987. The predicted molar refractivity (Wildman–Crippen MR) is 124 cm³/mol. The average molecular weight is 451 g/mol. The minimum atomic E-state index is -1.02. The molecule has 2 unspecified atom stereocenters. The summed E-state index contributed by atoms with van der Waals surface area (Å²) in [6.45, 7) is 2.13. The SMILES string of the molecule is CCC(CNC(=O)OCC1c2ccccc2-c2ccccc21)C(=O)NC(CC1CC1)C(=O)O. The summed E-state index contributed by atoms with van der Waals surface area (Å²) in [5.41, 5.74) is 4.58. The number of rotatable bonds is 10. The van der Waals surface area contributed by atoms with E-state index in [9.17, 15) is 19.5 Å². The van der Waals surface area contributed by atoms with Gasteiger partial charge in [-0.15, -0.1) is 0 Å². The molecule has 0 aromatic heterocycles. The standard InChI is InChI=1S/C26H30N2O5/c1-2-17(24(29)28-23(25(30)31)13-16-11-12-16)14-27-26(32)33-15-22-20-9-5-3-7-18(20)19-8-4-6-10-21(19)22/h3-10,16-17,22-23H,2,11-15H2,1H3,(H,27,32)(H,28,29)(H,30,31). The van der Waals surface area contributed by atoms with E-state index in [1.807, 2.05) is 31.2 Å². The number of hydrogen-bond donors (Lipinski definition) is 3. The molecule has 2 aliphatic rings. The third-order valence-corrected chi connectivity index (χ3v) is 6.58. The number of ether oxygens (including phenoxy) is 1. The van der Waals surface area contributed by atoms with E-state index in [4.69, 9.17) is 4.74 Å². The molecule has 0 saturated heterocycles. The third kappa shape index (κ3) is 5.35. The van der Waals surface area contributed by atoms with E-state index in [1.54, 1.807) is 0 Å². The first-order chi connectivity index (χ1) is 16.0. The molecule has 33 heavy (non-hydrogen) atoms. The summed E-state index contributed by atoms with van der Waals surface area (Å²) in [5, 5.41) is 14.7. The van der Waals surface area contributed by atoms with Crippen molar-refractivity contribution in [3.63, 3.8) is 0 Å². The molecule has 7 heteroatoms. The average Bonchev–Trinajstić information content (AvgIpc) is 3.58. The number of carboxylic acid groups (broad SMARTS) is 1. The van der Waals surface area contributed by atoms with Gasteiger partial charge in [0.25, 0.3) is 0 Å². The number of amides is 2. The number of fused-ring (bicyclic) bond motifs is 3. The molecule has 1 saturated carbocycles. The molecule has 0 radical (unpaired) electrons. The molecule has 0 bridgehead atoms. The highest BCUT2D eigenvalue weighted by Crippen LogP contribution is 2.44. The van der Waals surface area contributed by atoms with Gasteiger partial charge in [-0.1, -0.05) is 68.3 Å². The molecule has 2 atom stereocenters. The van der Waals surface area contributed by atoms with Crippen LogP contribution in [0.25, 0.3) is 11.1 Å². The van der Waals surface area contributed by atoms with Gasteiger partial charge < -0.3 is 20.5 Å². The Morgan fingerprint density at radius 2 is 1.64 bits per heavy atom. The zero-order chi connectivity index (χ0) is 23.4. The fourth-order valence-corrected chi connectivity index (χ4v) is 4.48. The van der Waals surface area contributed by atoms with Crippen molar-refractivity contribution >= 4 is 18.0 Å². The van der Waals surface area contributed by atoms with Gasteiger partial charge >= 0.3 is 12.1 Å². The van der Waals surface area contributed by atoms with Crippen LogP contribution in [0.4, 0.5) is 4.79 Å². The lowest BCUT2D eigenvalue weighted by Gasteiger charge is -2.20. The second-order valence-electron chi connectivity index (χ2n) is 8.89. The second kappa shape index (κ2) is 10.1. The zero-order valence-electron chi connectivity index (χ0n) is 18.8. The minimum Gasteiger partial charge on any atom is -0.480 e. The first-order valence-electron chi connectivity index (χ1n) is 11.6. The molecule has 2 amide bonds. The lowest BCUT2D eigenvalue weighted by atomic mass is 9.98. The summed E-state index contributed by atoms with van der Waals surface area (Å²) in [7, 11) is 0. The van der Waals surface area contributed by atoms with Gasteiger partial charge in [0, 0.05) is 12.5 Å². The molecule has 7 nitrogen and oxygen atoms in total. The van der Waals surface area contributed by atoms with Crippen LogP contribution in [-0.2, 0) is 14.3 Å². The Hall–Kier alpha value is -3.35. The van der Waals surface area contributed by atoms with Crippen molar-refractivity contribution in [2.75, 3.05) is 13.2 Å². The van der Waals surface area contributed by atoms with Crippen LogP contribution < -0.4 is 10.6 Å². The zero-order valence-corrected chi connectivity index (χ0v) is 18.8. The quantitative estimate of drug-likeness (QED) is 0.509. The van der Waals surface area contributed by atoms with Gasteiger partial charge in [0.05, 0.1) is 5.92 Å². The smallest absolute Gasteiger partial charge is 0.407 e. The number of nitrogens with one attached hydrogen (secondary N) is 2. The predicted octanol–water partition coefficient (Wildman–Crippen LogP) is 3.92. The fraction of sp³-hybridized carbons (Fsp3) is 0.423. The lowest BCUT2D eigenvalue weighted by molar-refractivity contribution is -0.142. The van der Waals surface area contributed by atoms with Crippen LogP contribution in [0, 0.1) is 11.8 Å². The van der Waals surface area contributed by atoms with Crippen molar-refractivity contribution in [3.05, 3.63) is 59.7 Å². The highest BCUT2D eigenvalue weighted by molar-refractivity contribution is 5.85. The number of benzene rings is 2. The van der Waals surface area contributed by atoms with Crippen LogP contribution in [0.1, 0.15) is 49.7 Å². The Morgan fingerprint density at radius 1 is 1.03 bits per heavy atom. The molecule has 174 valence electrons. The van der Waals surface area contributed by atoms with E-state index in [2.05, 4.69) is 34.9 Å². The molecule has 0 spiro atoms. The topological polar surface area (TPSA) is 105 Å². The summed E-state index contributed by atoms with van der Waals surface area (Å²) in [4.78, 5) is 36.4. The van der Waals surface area contributed by atoms with Crippen molar-refractivity contribution in [2.45, 2.75) is 44.6 Å². The first-order valence-corrected chi connectivity index (χ1v) is 11.6.